The van der Waals surface area contributed by atoms with Crippen LogP contribution in [0.5, 0.6) is 0 Å². The molecule has 0 aromatic carbocycles. The van der Waals surface area contributed by atoms with Crippen LogP contribution < -0.4 is 5.32 Å². The van der Waals surface area contributed by atoms with Gasteiger partial charge in [0.15, 0.2) is 0 Å². The van der Waals surface area contributed by atoms with E-state index in [2.05, 4.69) is 10.3 Å². The SMILES string of the molecule is CC(O)CC(C)NC(=O)Cc1cccnc1. The third kappa shape index (κ3) is 4.89. The summed E-state index contributed by atoms with van der Waals surface area (Å²) in [6.07, 6.45) is 3.86. The highest BCUT2D eigenvalue weighted by molar-refractivity contribution is 5.78. The van der Waals surface area contributed by atoms with Crippen molar-refractivity contribution < 1.29 is 9.90 Å². The molecule has 4 nitrogen and oxygen atoms in total. The average molecular weight is 222 g/mol. The van der Waals surface area contributed by atoms with Crippen LogP contribution in [0.4, 0.5) is 0 Å². The number of nitrogens with zero attached hydrogens (tertiary/aromatic N) is 1. The first-order valence-electron chi connectivity index (χ1n) is 5.44. The molecule has 0 aliphatic carbocycles. The summed E-state index contributed by atoms with van der Waals surface area (Å²) in [5.74, 6) is -0.0406. The predicted octanol–water partition coefficient (Wildman–Crippen LogP) is 0.900. The topological polar surface area (TPSA) is 62.2 Å². The molecule has 0 saturated carbocycles. The van der Waals surface area contributed by atoms with E-state index in [1.165, 1.54) is 0 Å². The van der Waals surface area contributed by atoms with Crippen LogP contribution in [0.25, 0.3) is 0 Å². The van der Waals surface area contributed by atoms with E-state index >= 15 is 0 Å². The number of carbonyl (C=O) groups is 1. The number of aliphatic hydroxyl groups is 1. The summed E-state index contributed by atoms with van der Waals surface area (Å²) in [7, 11) is 0. The zero-order chi connectivity index (χ0) is 12.0. The van der Waals surface area contributed by atoms with E-state index in [0.29, 0.717) is 12.8 Å². The molecule has 0 aliphatic rings. The van der Waals surface area contributed by atoms with Gasteiger partial charge in [0.2, 0.25) is 5.91 Å². The van der Waals surface area contributed by atoms with Crippen LogP contribution in [0.2, 0.25) is 0 Å². The van der Waals surface area contributed by atoms with Crippen molar-refractivity contribution in [2.24, 2.45) is 0 Å². The maximum atomic E-state index is 11.6. The predicted molar refractivity (Wildman–Crippen MR) is 61.8 cm³/mol. The Morgan fingerprint density at radius 1 is 1.56 bits per heavy atom. The van der Waals surface area contributed by atoms with E-state index in [1.807, 2.05) is 19.1 Å². The molecular weight excluding hydrogens is 204 g/mol. The van der Waals surface area contributed by atoms with Crippen LogP contribution in [0.1, 0.15) is 25.8 Å². The van der Waals surface area contributed by atoms with Crippen LogP contribution in [0.3, 0.4) is 0 Å². The van der Waals surface area contributed by atoms with E-state index in [4.69, 9.17) is 5.11 Å². The molecule has 0 aliphatic heterocycles. The summed E-state index contributed by atoms with van der Waals surface area (Å²) in [4.78, 5) is 15.5. The van der Waals surface area contributed by atoms with Gasteiger partial charge in [-0.15, -0.1) is 0 Å². The standard InChI is InChI=1S/C12H18N2O2/c1-9(6-10(2)15)14-12(16)7-11-4-3-5-13-8-11/h3-5,8-10,15H,6-7H2,1-2H3,(H,14,16). The lowest BCUT2D eigenvalue weighted by molar-refractivity contribution is -0.121. The third-order valence-corrected chi connectivity index (χ3v) is 2.19. The molecule has 1 aromatic rings. The van der Waals surface area contributed by atoms with Crippen molar-refractivity contribution in [2.75, 3.05) is 0 Å². The molecule has 0 saturated heterocycles. The molecule has 0 spiro atoms. The molecule has 2 N–H and O–H groups in total. The number of amides is 1. The van der Waals surface area contributed by atoms with Crippen LogP contribution in [-0.4, -0.2) is 28.1 Å². The van der Waals surface area contributed by atoms with Gasteiger partial charge in [0.25, 0.3) is 0 Å². The third-order valence-electron chi connectivity index (χ3n) is 2.19. The normalized spacial score (nSPS) is 14.2. The molecule has 0 bridgehead atoms. The maximum absolute atomic E-state index is 11.6. The van der Waals surface area contributed by atoms with Gasteiger partial charge in [0.05, 0.1) is 12.5 Å². The number of aliphatic hydroxyl groups excluding tert-OH is 1. The highest BCUT2D eigenvalue weighted by atomic mass is 16.3. The molecule has 1 amide bonds. The molecule has 1 heterocycles. The Morgan fingerprint density at radius 2 is 2.31 bits per heavy atom. The number of rotatable bonds is 5. The molecule has 0 radical (unpaired) electrons. The van der Waals surface area contributed by atoms with Gasteiger partial charge in [0, 0.05) is 18.4 Å². The van der Waals surface area contributed by atoms with E-state index in [0.717, 1.165) is 5.56 Å². The Kier molecular flexibility index (Phi) is 4.92. The van der Waals surface area contributed by atoms with Crippen molar-refractivity contribution >= 4 is 5.91 Å². The van der Waals surface area contributed by atoms with Crippen molar-refractivity contribution in [1.29, 1.82) is 0 Å². The Hall–Kier alpha value is -1.42. The second-order valence-electron chi connectivity index (χ2n) is 4.09. The molecule has 1 aromatic heterocycles. The molecule has 1 rings (SSSR count). The average Bonchev–Trinajstić information content (AvgIpc) is 2.17. The minimum atomic E-state index is -0.395. The second-order valence-corrected chi connectivity index (χ2v) is 4.09. The second kappa shape index (κ2) is 6.23. The van der Waals surface area contributed by atoms with Gasteiger partial charge in [-0.1, -0.05) is 6.07 Å². The highest BCUT2D eigenvalue weighted by Crippen LogP contribution is 2.00. The Morgan fingerprint density at radius 3 is 2.88 bits per heavy atom. The zero-order valence-corrected chi connectivity index (χ0v) is 9.68. The van der Waals surface area contributed by atoms with Crippen molar-refractivity contribution in [1.82, 2.24) is 10.3 Å². The Bertz CT molecular complexity index is 325. The summed E-state index contributed by atoms with van der Waals surface area (Å²) in [6, 6.07) is 3.66. The van der Waals surface area contributed by atoms with Gasteiger partial charge in [0.1, 0.15) is 0 Å². The molecule has 4 heteroatoms. The van der Waals surface area contributed by atoms with Gasteiger partial charge < -0.3 is 10.4 Å². The van der Waals surface area contributed by atoms with Crippen LogP contribution in [0, 0.1) is 0 Å². The summed E-state index contributed by atoms with van der Waals surface area (Å²) in [5, 5.41) is 12.0. The number of carbonyl (C=O) groups excluding carboxylic acids is 1. The Balaban J connectivity index is 2.36. The molecule has 0 fully saturated rings. The smallest absolute Gasteiger partial charge is 0.224 e. The molecule has 88 valence electrons. The number of nitrogens with one attached hydrogen (secondary N) is 1. The van der Waals surface area contributed by atoms with Crippen LogP contribution >= 0.6 is 0 Å². The summed E-state index contributed by atoms with van der Waals surface area (Å²) in [6.45, 7) is 3.59. The van der Waals surface area contributed by atoms with Gasteiger partial charge in [-0.2, -0.15) is 0 Å². The monoisotopic (exact) mass is 222 g/mol. The van der Waals surface area contributed by atoms with Crippen molar-refractivity contribution in [2.45, 2.75) is 38.8 Å². The minimum Gasteiger partial charge on any atom is -0.393 e. The fourth-order valence-corrected chi connectivity index (χ4v) is 1.58. The number of hydrogen-bond acceptors (Lipinski definition) is 3. The van der Waals surface area contributed by atoms with E-state index in [1.54, 1.807) is 19.3 Å². The first-order chi connectivity index (χ1) is 7.58. The van der Waals surface area contributed by atoms with E-state index < -0.39 is 6.10 Å². The minimum absolute atomic E-state index is 0.0100. The summed E-state index contributed by atoms with van der Waals surface area (Å²) in [5.41, 5.74) is 0.893. The van der Waals surface area contributed by atoms with Crippen LogP contribution in [-0.2, 0) is 11.2 Å². The number of pyridine rings is 1. The Labute approximate surface area is 95.7 Å². The van der Waals surface area contributed by atoms with E-state index in [9.17, 15) is 4.79 Å². The van der Waals surface area contributed by atoms with Gasteiger partial charge in [-0.05, 0) is 31.9 Å². The van der Waals surface area contributed by atoms with Gasteiger partial charge in [-0.25, -0.2) is 0 Å². The number of hydrogen-bond donors (Lipinski definition) is 2. The van der Waals surface area contributed by atoms with Crippen LogP contribution in [0.15, 0.2) is 24.5 Å². The van der Waals surface area contributed by atoms with Crippen molar-refractivity contribution in [3.8, 4) is 0 Å². The van der Waals surface area contributed by atoms with E-state index in [-0.39, 0.29) is 11.9 Å². The van der Waals surface area contributed by atoms with Gasteiger partial charge >= 0.3 is 0 Å². The van der Waals surface area contributed by atoms with Crippen molar-refractivity contribution in [3.05, 3.63) is 30.1 Å². The summed E-state index contributed by atoms with van der Waals surface area (Å²) >= 11 is 0. The number of aromatic nitrogens is 1. The summed E-state index contributed by atoms with van der Waals surface area (Å²) < 4.78 is 0. The molecule has 2 unspecified atom stereocenters. The largest absolute Gasteiger partial charge is 0.393 e. The molecule has 2 atom stereocenters. The fraction of sp³-hybridized carbons (Fsp3) is 0.500. The fourth-order valence-electron chi connectivity index (χ4n) is 1.58. The molecule has 16 heavy (non-hydrogen) atoms. The quantitative estimate of drug-likeness (QED) is 0.778. The first-order valence-corrected chi connectivity index (χ1v) is 5.44. The molecular formula is C12H18N2O2. The lowest BCUT2D eigenvalue weighted by atomic mass is 10.1. The maximum Gasteiger partial charge on any atom is 0.224 e. The first kappa shape index (κ1) is 12.6. The zero-order valence-electron chi connectivity index (χ0n) is 9.68. The van der Waals surface area contributed by atoms with Gasteiger partial charge in [-0.3, -0.25) is 9.78 Å². The van der Waals surface area contributed by atoms with Crippen molar-refractivity contribution in [3.63, 3.8) is 0 Å². The lowest BCUT2D eigenvalue weighted by Crippen LogP contribution is -2.35. The lowest BCUT2D eigenvalue weighted by Gasteiger charge is -2.15. The highest BCUT2D eigenvalue weighted by Gasteiger charge is 2.10.